The maximum absolute atomic E-state index is 12.3. The molecule has 1 amide bonds. The van der Waals surface area contributed by atoms with Gasteiger partial charge < -0.3 is 9.88 Å². The van der Waals surface area contributed by atoms with Crippen LogP contribution < -0.4 is 5.32 Å². The maximum atomic E-state index is 12.3. The highest BCUT2D eigenvalue weighted by molar-refractivity contribution is 5.76. The van der Waals surface area contributed by atoms with E-state index in [0.717, 1.165) is 41.0 Å². The molecule has 0 saturated heterocycles. The molecule has 3 aromatic heterocycles. The van der Waals surface area contributed by atoms with E-state index in [1.807, 2.05) is 38.4 Å². The molecular formula is C22H23N7O. The molecule has 0 bridgehead atoms. The minimum Gasteiger partial charge on any atom is -0.356 e. The standard InChI is InChI=1S/C22H23N7O/c1-15-18(16(2)29-22(27-15)17(12-23)13-26-29)8-9-21(30)24-10-5-11-28-14-25-19-6-3-4-7-20(19)28/h3-4,6-7,13-14H,5,8-11H2,1-2H3,(H,24,30). The first-order chi connectivity index (χ1) is 14.6. The lowest BCUT2D eigenvalue weighted by atomic mass is 10.1. The SMILES string of the molecule is Cc1nc2c(C#N)cnn2c(C)c1CCC(=O)NCCCn1cnc2ccccc21. The van der Waals surface area contributed by atoms with E-state index in [0.29, 0.717) is 30.6 Å². The van der Waals surface area contributed by atoms with Gasteiger partial charge in [0.1, 0.15) is 11.6 Å². The Hall–Kier alpha value is -3.73. The number of nitrogens with zero attached hydrogens (tertiary/aromatic N) is 6. The molecule has 3 heterocycles. The summed E-state index contributed by atoms with van der Waals surface area (Å²) in [6.07, 6.45) is 5.17. The van der Waals surface area contributed by atoms with Crippen molar-refractivity contribution in [2.75, 3.05) is 6.54 Å². The number of amides is 1. The minimum absolute atomic E-state index is 0.0163. The summed E-state index contributed by atoms with van der Waals surface area (Å²) in [5.74, 6) is 0.0163. The highest BCUT2D eigenvalue weighted by Gasteiger charge is 2.14. The van der Waals surface area contributed by atoms with Gasteiger partial charge in [-0.3, -0.25) is 4.79 Å². The Labute approximate surface area is 174 Å². The summed E-state index contributed by atoms with van der Waals surface area (Å²) in [5, 5.41) is 16.4. The van der Waals surface area contributed by atoms with Crippen molar-refractivity contribution < 1.29 is 4.79 Å². The highest BCUT2D eigenvalue weighted by Crippen LogP contribution is 2.18. The van der Waals surface area contributed by atoms with Gasteiger partial charge in [-0.1, -0.05) is 12.1 Å². The quantitative estimate of drug-likeness (QED) is 0.480. The Morgan fingerprint density at radius 2 is 2.10 bits per heavy atom. The molecule has 0 fully saturated rings. The zero-order valence-electron chi connectivity index (χ0n) is 17.1. The van der Waals surface area contributed by atoms with Crippen molar-refractivity contribution in [2.24, 2.45) is 0 Å². The first kappa shape index (κ1) is 19.6. The second-order valence-electron chi connectivity index (χ2n) is 7.30. The number of hydrogen-bond donors (Lipinski definition) is 1. The third kappa shape index (κ3) is 3.74. The molecule has 4 rings (SSSR count). The number of benzene rings is 1. The molecule has 0 unspecified atom stereocenters. The summed E-state index contributed by atoms with van der Waals surface area (Å²) in [5.41, 5.74) is 5.85. The Balaban J connectivity index is 1.30. The van der Waals surface area contributed by atoms with Gasteiger partial charge in [-0.15, -0.1) is 0 Å². The fraction of sp³-hybridized carbons (Fsp3) is 0.318. The lowest BCUT2D eigenvalue weighted by Gasteiger charge is -2.11. The van der Waals surface area contributed by atoms with Crippen molar-refractivity contribution >= 4 is 22.6 Å². The lowest BCUT2D eigenvalue weighted by molar-refractivity contribution is -0.121. The Morgan fingerprint density at radius 1 is 1.27 bits per heavy atom. The molecule has 152 valence electrons. The molecule has 1 aromatic carbocycles. The van der Waals surface area contributed by atoms with Crippen LogP contribution in [0.25, 0.3) is 16.7 Å². The fourth-order valence-electron chi connectivity index (χ4n) is 3.74. The Bertz CT molecular complexity index is 1260. The predicted molar refractivity (Wildman–Crippen MR) is 113 cm³/mol. The van der Waals surface area contributed by atoms with E-state index in [-0.39, 0.29) is 5.91 Å². The summed E-state index contributed by atoms with van der Waals surface area (Å²) >= 11 is 0. The van der Waals surface area contributed by atoms with Crippen molar-refractivity contribution in [3.05, 3.63) is 59.3 Å². The van der Waals surface area contributed by atoms with Gasteiger partial charge in [0, 0.05) is 30.9 Å². The molecule has 1 N–H and O–H groups in total. The number of imidazole rings is 1. The summed E-state index contributed by atoms with van der Waals surface area (Å²) in [6.45, 7) is 5.27. The zero-order chi connectivity index (χ0) is 21.1. The average molecular weight is 401 g/mol. The molecule has 0 saturated carbocycles. The van der Waals surface area contributed by atoms with Crippen molar-refractivity contribution in [2.45, 2.75) is 39.7 Å². The molecule has 30 heavy (non-hydrogen) atoms. The molecule has 8 heteroatoms. The molecule has 0 radical (unpaired) electrons. The second kappa shape index (κ2) is 8.33. The number of carbonyl (C=O) groups is 1. The number of nitriles is 1. The summed E-state index contributed by atoms with van der Waals surface area (Å²) in [4.78, 5) is 21.2. The predicted octanol–water partition coefficient (Wildman–Crippen LogP) is 2.71. The normalized spacial score (nSPS) is 11.1. The van der Waals surface area contributed by atoms with Crippen LogP contribution in [0.2, 0.25) is 0 Å². The van der Waals surface area contributed by atoms with E-state index in [9.17, 15) is 4.79 Å². The van der Waals surface area contributed by atoms with Crippen molar-refractivity contribution in [3.63, 3.8) is 0 Å². The van der Waals surface area contributed by atoms with E-state index in [2.05, 4.69) is 37.1 Å². The molecule has 0 aliphatic rings. The molecule has 0 aliphatic heterocycles. The van der Waals surface area contributed by atoms with Crippen LogP contribution in [0.5, 0.6) is 0 Å². The van der Waals surface area contributed by atoms with Crippen LogP contribution in [0.1, 0.15) is 35.4 Å². The zero-order valence-corrected chi connectivity index (χ0v) is 17.1. The Morgan fingerprint density at radius 3 is 2.93 bits per heavy atom. The number of nitrogens with one attached hydrogen (secondary N) is 1. The number of para-hydroxylation sites is 2. The van der Waals surface area contributed by atoms with Crippen molar-refractivity contribution in [3.8, 4) is 6.07 Å². The smallest absolute Gasteiger partial charge is 0.220 e. The Kier molecular flexibility index (Phi) is 5.44. The number of aryl methyl sites for hydroxylation is 3. The monoisotopic (exact) mass is 401 g/mol. The fourth-order valence-corrected chi connectivity index (χ4v) is 3.74. The first-order valence-electron chi connectivity index (χ1n) is 9.99. The molecule has 0 atom stereocenters. The third-order valence-corrected chi connectivity index (χ3v) is 5.36. The van der Waals surface area contributed by atoms with Crippen molar-refractivity contribution in [1.82, 2.24) is 29.5 Å². The number of fused-ring (bicyclic) bond motifs is 2. The average Bonchev–Trinajstić information content (AvgIpc) is 3.35. The van der Waals surface area contributed by atoms with E-state index in [1.165, 1.54) is 6.20 Å². The van der Waals surface area contributed by atoms with Gasteiger partial charge in [-0.25, -0.2) is 14.5 Å². The summed E-state index contributed by atoms with van der Waals surface area (Å²) < 4.78 is 3.78. The van der Waals surface area contributed by atoms with Gasteiger partial charge in [0.2, 0.25) is 5.91 Å². The van der Waals surface area contributed by atoms with Crippen LogP contribution in [-0.4, -0.2) is 36.6 Å². The molecule has 8 nitrogen and oxygen atoms in total. The number of aromatic nitrogens is 5. The maximum Gasteiger partial charge on any atom is 0.220 e. The molecular weight excluding hydrogens is 378 g/mol. The van der Waals surface area contributed by atoms with Crippen LogP contribution in [0.3, 0.4) is 0 Å². The van der Waals surface area contributed by atoms with Gasteiger partial charge in [-0.05, 0) is 44.4 Å². The molecule has 4 aromatic rings. The van der Waals surface area contributed by atoms with Gasteiger partial charge in [-0.2, -0.15) is 10.4 Å². The first-order valence-corrected chi connectivity index (χ1v) is 9.99. The topological polar surface area (TPSA) is 101 Å². The van der Waals surface area contributed by atoms with E-state index in [1.54, 1.807) is 4.52 Å². The highest BCUT2D eigenvalue weighted by atomic mass is 16.1. The van der Waals surface area contributed by atoms with Crippen molar-refractivity contribution in [1.29, 1.82) is 5.26 Å². The minimum atomic E-state index is 0.0163. The third-order valence-electron chi connectivity index (χ3n) is 5.36. The van der Waals surface area contributed by atoms with Crippen LogP contribution in [0.4, 0.5) is 0 Å². The van der Waals surface area contributed by atoms with Gasteiger partial charge >= 0.3 is 0 Å². The molecule has 0 aliphatic carbocycles. The number of carbonyl (C=O) groups excluding carboxylic acids is 1. The van der Waals surface area contributed by atoms with Crippen LogP contribution in [0.15, 0.2) is 36.8 Å². The van der Waals surface area contributed by atoms with E-state index < -0.39 is 0 Å². The van der Waals surface area contributed by atoms with Gasteiger partial charge in [0.05, 0.1) is 23.6 Å². The largest absolute Gasteiger partial charge is 0.356 e. The number of hydrogen-bond acceptors (Lipinski definition) is 5. The molecule has 0 spiro atoms. The number of rotatable bonds is 7. The van der Waals surface area contributed by atoms with Gasteiger partial charge in [0.25, 0.3) is 0 Å². The second-order valence-corrected chi connectivity index (χ2v) is 7.30. The summed E-state index contributed by atoms with van der Waals surface area (Å²) in [7, 11) is 0. The lowest BCUT2D eigenvalue weighted by Crippen LogP contribution is -2.25. The van der Waals surface area contributed by atoms with E-state index >= 15 is 0 Å². The van der Waals surface area contributed by atoms with Crippen LogP contribution in [-0.2, 0) is 17.8 Å². The summed E-state index contributed by atoms with van der Waals surface area (Å²) in [6, 6.07) is 10.1. The van der Waals surface area contributed by atoms with E-state index in [4.69, 9.17) is 5.26 Å². The van der Waals surface area contributed by atoms with Gasteiger partial charge in [0.15, 0.2) is 5.65 Å². The van der Waals surface area contributed by atoms with Crippen LogP contribution >= 0.6 is 0 Å². The van der Waals surface area contributed by atoms with Crippen LogP contribution in [0, 0.1) is 25.2 Å².